The smallest absolute Gasteiger partial charge is 0.205 e. The first kappa shape index (κ1) is 20.0. The molecule has 144 valence electrons. The van der Waals surface area contributed by atoms with E-state index in [-0.39, 0.29) is 0 Å². The van der Waals surface area contributed by atoms with Crippen LogP contribution in [0.4, 0.5) is 11.6 Å². The number of nitrogens with zero attached hydrogens (tertiary/aromatic N) is 1. The van der Waals surface area contributed by atoms with Crippen LogP contribution < -0.4 is 5.32 Å². The van der Waals surface area contributed by atoms with E-state index in [4.69, 9.17) is 32.9 Å². The molecule has 0 radical (unpaired) electrons. The van der Waals surface area contributed by atoms with E-state index < -0.39 is 0 Å². The molecule has 1 heterocycles. The molecule has 2 N–H and O–H groups in total. The predicted molar refractivity (Wildman–Crippen MR) is 115 cm³/mol. The molecule has 0 atom stereocenters. The number of rotatable bonds is 7. The van der Waals surface area contributed by atoms with Crippen molar-refractivity contribution in [1.29, 1.82) is 0 Å². The Hall–Kier alpha value is -1.75. The number of hydrogen-bond donors (Lipinski definition) is 2. The number of aromatic nitrogens is 2. The van der Waals surface area contributed by atoms with Gasteiger partial charge in [-0.3, -0.25) is 0 Å². The fraction of sp³-hybridized carbons (Fsp3) is 0.381. The average Bonchev–Trinajstić information content (AvgIpc) is 3.05. The molecule has 0 aliphatic carbocycles. The second kappa shape index (κ2) is 8.51. The van der Waals surface area contributed by atoms with Crippen molar-refractivity contribution in [3.63, 3.8) is 0 Å². The first-order valence-corrected chi connectivity index (χ1v) is 9.97. The van der Waals surface area contributed by atoms with Gasteiger partial charge in [-0.05, 0) is 48.9 Å². The molecule has 0 saturated heterocycles. The summed E-state index contributed by atoms with van der Waals surface area (Å²) in [5, 5.41) is 4.51. The molecular weight excluding hydrogens is 381 g/mol. The molecule has 4 nitrogen and oxygen atoms in total. The van der Waals surface area contributed by atoms with E-state index in [9.17, 15) is 0 Å². The lowest BCUT2D eigenvalue weighted by Gasteiger charge is -2.14. The highest BCUT2D eigenvalue weighted by molar-refractivity contribution is 6.36. The van der Waals surface area contributed by atoms with E-state index in [0.717, 1.165) is 40.7 Å². The minimum absolute atomic E-state index is 0.484. The van der Waals surface area contributed by atoms with Crippen LogP contribution in [0.15, 0.2) is 24.3 Å². The van der Waals surface area contributed by atoms with E-state index in [1.807, 2.05) is 13.0 Å². The summed E-state index contributed by atoms with van der Waals surface area (Å²) in [6.45, 7) is 6.92. The van der Waals surface area contributed by atoms with Gasteiger partial charge in [-0.15, -0.1) is 0 Å². The first-order chi connectivity index (χ1) is 13.0. The van der Waals surface area contributed by atoms with Gasteiger partial charge in [0, 0.05) is 17.7 Å². The van der Waals surface area contributed by atoms with Gasteiger partial charge in [0.2, 0.25) is 5.95 Å². The number of methoxy groups -OCH3 is 1. The van der Waals surface area contributed by atoms with Gasteiger partial charge in [-0.1, -0.05) is 49.2 Å². The Bertz CT molecular complexity index is 925. The number of hydrogen-bond acceptors (Lipinski definition) is 3. The highest BCUT2D eigenvalue weighted by Crippen LogP contribution is 2.35. The highest BCUT2D eigenvalue weighted by Gasteiger charge is 2.17. The van der Waals surface area contributed by atoms with Gasteiger partial charge >= 0.3 is 0 Å². The van der Waals surface area contributed by atoms with Crippen molar-refractivity contribution in [2.75, 3.05) is 12.4 Å². The van der Waals surface area contributed by atoms with E-state index in [1.165, 1.54) is 5.56 Å². The zero-order chi connectivity index (χ0) is 19.6. The second-order valence-electron chi connectivity index (χ2n) is 6.77. The first-order valence-electron chi connectivity index (χ1n) is 9.21. The van der Waals surface area contributed by atoms with Gasteiger partial charge in [0.1, 0.15) is 0 Å². The summed E-state index contributed by atoms with van der Waals surface area (Å²) in [6, 6.07) is 7.92. The van der Waals surface area contributed by atoms with Gasteiger partial charge in [0.05, 0.1) is 28.4 Å². The molecule has 0 saturated carbocycles. The molecule has 1 aromatic heterocycles. The summed E-state index contributed by atoms with van der Waals surface area (Å²) >= 11 is 12.5. The quantitative estimate of drug-likeness (QED) is 0.445. The van der Waals surface area contributed by atoms with Crippen molar-refractivity contribution >= 4 is 45.9 Å². The topological polar surface area (TPSA) is 49.9 Å². The van der Waals surface area contributed by atoms with Crippen molar-refractivity contribution in [2.24, 2.45) is 0 Å². The third-order valence-electron chi connectivity index (χ3n) is 4.98. The Balaban J connectivity index is 2.10. The molecule has 0 fully saturated rings. The second-order valence-corrected chi connectivity index (χ2v) is 7.62. The Morgan fingerprint density at radius 2 is 1.93 bits per heavy atom. The maximum atomic E-state index is 6.38. The Labute approximate surface area is 170 Å². The zero-order valence-corrected chi connectivity index (χ0v) is 17.6. The van der Waals surface area contributed by atoms with Gasteiger partial charge in [0.25, 0.3) is 0 Å². The van der Waals surface area contributed by atoms with Crippen molar-refractivity contribution in [3.05, 3.63) is 51.0 Å². The number of imidazole rings is 1. The third-order valence-corrected chi connectivity index (χ3v) is 5.50. The number of fused-ring (bicyclic) bond motifs is 1. The molecule has 0 amide bonds. The van der Waals surface area contributed by atoms with E-state index in [0.29, 0.717) is 28.5 Å². The molecule has 3 aromatic rings. The molecule has 0 spiro atoms. The number of anilines is 2. The molecular formula is C21H25Cl2N3O. The molecule has 0 aliphatic rings. The summed E-state index contributed by atoms with van der Waals surface area (Å²) in [5.41, 5.74) is 6.11. The molecule has 0 aliphatic heterocycles. The Kier molecular flexibility index (Phi) is 6.30. The largest absolute Gasteiger partial charge is 0.380 e. The van der Waals surface area contributed by atoms with Crippen molar-refractivity contribution in [1.82, 2.24) is 9.97 Å². The third kappa shape index (κ3) is 4.08. The SMILES string of the molecule is CCC(CC)c1ccc(COC)c2nc(Nc3c(C)cc(Cl)cc3Cl)[nH]c12. The van der Waals surface area contributed by atoms with Crippen LogP contribution >= 0.6 is 23.2 Å². The van der Waals surface area contributed by atoms with Gasteiger partial charge in [-0.25, -0.2) is 4.98 Å². The monoisotopic (exact) mass is 405 g/mol. The number of ether oxygens (including phenoxy) is 1. The number of aromatic amines is 1. The van der Waals surface area contributed by atoms with Crippen molar-refractivity contribution in [3.8, 4) is 0 Å². The normalized spacial score (nSPS) is 11.5. The predicted octanol–water partition coefficient (Wildman–Crippen LogP) is 6.97. The minimum atomic E-state index is 0.484. The Morgan fingerprint density at radius 1 is 1.19 bits per heavy atom. The number of aryl methyl sites for hydroxylation is 1. The maximum absolute atomic E-state index is 6.38. The van der Waals surface area contributed by atoms with Crippen LogP contribution in [-0.4, -0.2) is 17.1 Å². The Morgan fingerprint density at radius 3 is 2.56 bits per heavy atom. The van der Waals surface area contributed by atoms with E-state index in [1.54, 1.807) is 13.2 Å². The van der Waals surface area contributed by atoms with Crippen LogP contribution in [-0.2, 0) is 11.3 Å². The minimum Gasteiger partial charge on any atom is -0.380 e. The summed E-state index contributed by atoms with van der Waals surface area (Å²) < 4.78 is 5.36. The number of H-pyrrole nitrogens is 1. The van der Waals surface area contributed by atoms with Crippen LogP contribution in [0.5, 0.6) is 0 Å². The van der Waals surface area contributed by atoms with Crippen LogP contribution in [0.25, 0.3) is 11.0 Å². The molecule has 6 heteroatoms. The molecule has 0 bridgehead atoms. The van der Waals surface area contributed by atoms with Crippen molar-refractivity contribution in [2.45, 2.75) is 46.1 Å². The zero-order valence-electron chi connectivity index (χ0n) is 16.1. The summed E-state index contributed by atoms with van der Waals surface area (Å²) in [6.07, 6.45) is 2.16. The van der Waals surface area contributed by atoms with Crippen molar-refractivity contribution < 1.29 is 4.74 Å². The number of benzene rings is 2. The average molecular weight is 406 g/mol. The number of nitrogens with one attached hydrogen (secondary N) is 2. The van der Waals surface area contributed by atoms with E-state index in [2.05, 4.69) is 36.3 Å². The van der Waals surface area contributed by atoms with Crippen LogP contribution in [0.3, 0.4) is 0 Å². The van der Waals surface area contributed by atoms with Gasteiger partial charge < -0.3 is 15.0 Å². The lowest BCUT2D eigenvalue weighted by Crippen LogP contribution is -1.99. The molecule has 0 unspecified atom stereocenters. The fourth-order valence-corrected chi connectivity index (χ4v) is 4.19. The molecule has 27 heavy (non-hydrogen) atoms. The summed E-state index contributed by atoms with van der Waals surface area (Å²) in [7, 11) is 1.70. The molecule has 2 aromatic carbocycles. The summed E-state index contributed by atoms with van der Waals surface area (Å²) in [5.74, 6) is 1.14. The summed E-state index contributed by atoms with van der Waals surface area (Å²) in [4.78, 5) is 8.26. The van der Waals surface area contributed by atoms with Crippen LogP contribution in [0, 0.1) is 6.92 Å². The maximum Gasteiger partial charge on any atom is 0.205 e. The fourth-order valence-electron chi connectivity index (χ4n) is 3.55. The number of halogens is 2. The highest BCUT2D eigenvalue weighted by atomic mass is 35.5. The van der Waals surface area contributed by atoms with Gasteiger partial charge in [0.15, 0.2) is 0 Å². The molecule has 3 rings (SSSR count). The lowest BCUT2D eigenvalue weighted by atomic mass is 9.92. The van der Waals surface area contributed by atoms with Crippen LogP contribution in [0.1, 0.15) is 49.3 Å². The standard InChI is InChI=1S/C21H25Cl2N3O/c1-5-13(6-2)16-8-7-14(11-27-4)19-20(16)26-21(25-19)24-18-12(3)9-15(22)10-17(18)23/h7-10,13H,5-6,11H2,1-4H3,(H2,24,25,26). The van der Waals surface area contributed by atoms with Gasteiger partial charge in [-0.2, -0.15) is 0 Å². The lowest BCUT2D eigenvalue weighted by molar-refractivity contribution is 0.186. The van der Waals surface area contributed by atoms with Crippen LogP contribution in [0.2, 0.25) is 10.0 Å². The van der Waals surface area contributed by atoms with E-state index >= 15 is 0 Å².